The van der Waals surface area contributed by atoms with Gasteiger partial charge >= 0.3 is 0 Å². The van der Waals surface area contributed by atoms with Crippen LogP contribution < -0.4 is 11.1 Å². The van der Waals surface area contributed by atoms with E-state index in [0.717, 1.165) is 35.9 Å². The van der Waals surface area contributed by atoms with Crippen molar-refractivity contribution in [2.24, 2.45) is 5.73 Å². The Morgan fingerprint density at radius 1 is 1.40 bits per heavy atom. The second-order valence-electron chi connectivity index (χ2n) is 5.74. The maximum absolute atomic E-state index is 5.68. The summed E-state index contributed by atoms with van der Waals surface area (Å²) in [5.74, 6) is 0. The molecule has 2 rings (SSSR count). The topological polar surface area (TPSA) is 41.3 Å². The maximum Gasteiger partial charge on any atom is 0.104 e. The van der Waals surface area contributed by atoms with Crippen molar-refractivity contribution >= 4 is 22.9 Å². The molecule has 0 radical (unpaired) electrons. The van der Waals surface area contributed by atoms with E-state index in [2.05, 4.69) is 29.4 Å². The molecule has 1 saturated carbocycles. The number of nitrogens with two attached hydrogens (primary N) is 1. The van der Waals surface area contributed by atoms with Crippen molar-refractivity contribution in [3.63, 3.8) is 0 Å². The van der Waals surface area contributed by atoms with Crippen LogP contribution in [-0.4, -0.2) is 36.1 Å². The third-order valence-electron chi connectivity index (χ3n) is 4.23. The van der Waals surface area contributed by atoms with Crippen LogP contribution in [0.25, 0.3) is 0 Å². The first-order chi connectivity index (χ1) is 9.58. The third kappa shape index (κ3) is 3.93. The van der Waals surface area contributed by atoms with E-state index in [9.17, 15) is 0 Å². The van der Waals surface area contributed by atoms with Crippen molar-refractivity contribution < 1.29 is 0 Å². The highest BCUT2D eigenvalue weighted by atomic mass is 32.1. The summed E-state index contributed by atoms with van der Waals surface area (Å²) in [4.78, 5) is 2.95. The summed E-state index contributed by atoms with van der Waals surface area (Å²) in [7, 11) is 2.23. The van der Waals surface area contributed by atoms with Crippen LogP contribution in [0.5, 0.6) is 0 Å². The number of nitrogens with zero attached hydrogens (tertiary/aromatic N) is 1. The Morgan fingerprint density at radius 3 is 2.70 bits per heavy atom. The van der Waals surface area contributed by atoms with Gasteiger partial charge in [0.25, 0.3) is 0 Å². The van der Waals surface area contributed by atoms with E-state index in [1.807, 2.05) is 13.0 Å². The average Bonchev–Trinajstić information content (AvgIpc) is 2.92. The lowest BCUT2D eigenvalue weighted by Crippen LogP contribution is -2.33. The third-order valence-corrected chi connectivity index (χ3v) is 4.45. The Morgan fingerprint density at radius 2 is 2.10 bits per heavy atom. The van der Waals surface area contributed by atoms with Gasteiger partial charge in [-0.05, 0) is 50.6 Å². The molecule has 0 aromatic heterocycles. The quantitative estimate of drug-likeness (QED) is 0.791. The van der Waals surface area contributed by atoms with Gasteiger partial charge in [-0.15, -0.1) is 0 Å². The number of thiocarbonyl (C=S) groups is 1. The van der Waals surface area contributed by atoms with Crippen molar-refractivity contribution in [2.45, 2.75) is 38.6 Å². The van der Waals surface area contributed by atoms with Crippen molar-refractivity contribution in [3.8, 4) is 0 Å². The highest BCUT2D eigenvalue weighted by Gasteiger charge is 2.18. The van der Waals surface area contributed by atoms with Crippen LogP contribution in [0.3, 0.4) is 0 Å². The van der Waals surface area contributed by atoms with Gasteiger partial charge in [-0.3, -0.25) is 0 Å². The molecule has 20 heavy (non-hydrogen) atoms. The van der Waals surface area contributed by atoms with Crippen LogP contribution in [0, 0.1) is 6.92 Å². The second kappa shape index (κ2) is 7.04. The SMILES string of the molecule is Cc1cc(NCCN(C)C2CCCC2)ccc1C(N)=S. The van der Waals surface area contributed by atoms with Crippen molar-refractivity contribution in [2.75, 3.05) is 25.5 Å². The van der Waals surface area contributed by atoms with Crippen molar-refractivity contribution in [3.05, 3.63) is 29.3 Å². The van der Waals surface area contributed by atoms with Gasteiger partial charge in [-0.1, -0.05) is 25.1 Å². The van der Waals surface area contributed by atoms with E-state index in [1.165, 1.54) is 25.7 Å². The lowest BCUT2D eigenvalue weighted by Gasteiger charge is -2.24. The zero-order chi connectivity index (χ0) is 14.5. The van der Waals surface area contributed by atoms with Crippen LogP contribution in [-0.2, 0) is 0 Å². The number of nitrogens with one attached hydrogen (secondary N) is 1. The standard InChI is InChI=1S/C16H25N3S/c1-12-11-13(7-8-15(12)16(17)20)18-9-10-19(2)14-5-3-4-6-14/h7-8,11,14,18H,3-6,9-10H2,1-2H3,(H2,17,20). The Labute approximate surface area is 127 Å². The molecular weight excluding hydrogens is 266 g/mol. The molecule has 0 spiro atoms. The molecule has 0 bridgehead atoms. The van der Waals surface area contributed by atoms with Gasteiger partial charge in [-0.2, -0.15) is 0 Å². The Kier molecular flexibility index (Phi) is 5.38. The molecule has 3 N–H and O–H groups in total. The van der Waals surface area contributed by atoms with Crippen LogP contribution in [0.15, 0.2) is 18.2 Å². The van der Waals surface area contributed by atoms with Gasteiger partial charge in [-0.25, -0.2) is 0 Å². The summed E-state index contributed by atoms with van der Waals surface area (Å²) >= 11 is 5.03. The minimum Gasteiger partial charge on any atom is -0.389 e. The molecule has 0 saturated heterocycles. The molecule has 1 aromatic rings. The van der Waals surface area contributed by atoms with E-state index >= 15 is 0 Å². The van der Waals surface area contributed by atoms with Crippen molar-refractivity contribution in [1.82, 2.24) is 4.90 Å². The van der Waals surface area contributed by atoms with Crippen LogP contribution in [0.2, 0.25) is 0 Å². The van der Waals surface area contributed by atoms with Crippen LogP contribution in [0.1, 0.15) is 36.8 Å². The number of likely N-dealkylation sites (N-methyl/N-ethyl adjacent to an activating group) is 1. The van der Waals surface area contributed by atoms with Gasteiger partial charge in [0.15, 0.2) is 0 Å². The highest BCUT2D eigenvalue weighted by Crippen LogP contribution is 2.22. The fourth-order valence-electron chi connectivity index (χ4n) is 2.95. The number of aryl methyl sites for hydroxylation is 1. The van der Waals surface area contributed by atoms with Crippen molar-refractivity contribution in [1.29, 1.82) is 0 Å². The molecule has 1 aliphatic carbocycles. The summed E-state index contributed by atoms with van der Waals surface area (Å²) in [6.45, 7) is 4.10. The van der Waals surface area contributed by atoms with Gasteiger partial charge in [0.05, 0.1) is 0 Å². The van der Waals surface area contributed by atoms with Gasteiger partial charge in [0, 0.05) is 30.4 Å². The summed E-state index contributed by atoms with van der Waals surface area (Å²) < 4.78 is 0. The molecular formula is C16H25N3S. The summed E-state index contributed by atoms with van der Waals surface area (Å²) in [6, 6.07) is 6.96. The second-order valence-corrected chi connectivity index (χ2v) is 6.18. The molecule has 4 heteroatoms. The zero-order valence-corrected chi connectivity index (χ0v) is 13.3. The Bertz CT molecular complexity index is 467. The maximum atomic E-state index is 5.68. The van der Waals surface area contributed by atoms with Gasteiger partial charge < -0.3 is 16.0 Å². The number of rotatable bonds is 6. The Balaban J connectivity index is 1.82. The molecule has 1 fully saturated rings. The van der Waals surface area contributed by atoms with E-state index in [-0.39, 0.29) is 0 Å². The summed E-state index contributed by atoms with van der Waals surface area (Å²) in [6.07, 6.45) is 5.50. The largest absolute Gasteiger partial charge is 0.389 e. The zero-order valence-electron chi connectivity index (χ0n) is 12.5. The fourth-order valence-corrected chi connectivity index (χ4v) is 3.18. The molecule has 0 aliphatic heterocycles. The first-order valence-electron chi connectivity index (χ1n) is 7.42. The lowest BCUT2D eigenvalue weighted by molar-refractivity contribution is 0.254. The van der Waals surface area contributed by atoms with E-state index in [1.54, 1.807) is 0 Å². The van der Waals surface area contributed by atoms with Crippen LogP contribution >= 0.6 is 12.2 Å². The molecule has 0 amide bonds. The Hall–Kier alpha value is -1.13. The number of benzene rings is 1. The number of hydrogen-bond acceptors (Lipinski definition) is 3. The first-order valence-corrected chi connectivity index (χ1v) is 7.83. The molecule has 0 heterocycles. The fraction of sp³-hybridized carbons (Fsp3) is 0.562. The molecule has 0 unspecified atom stereocenters. The smallest absolute Gasteiger partial charge is 0.104 e. The lowest BCUT2D eigenvalue weighted by atomic mass is 10.1. The molecule has 3 nitrogen and oxygen atoms in total. The van der Waals surface area contributed by atoms with E-state index < -0.39 is 0 Å². The van der Waals surface area contributed by atoms with E-state index in [0.29, 0.717) is 4.99 Å². The molecule has 110 valence electrons. The first kappa shape index (κ1) is 15.3. The molecule has 0 atom stereocenters. The average molecular weight is 291 g/mol. The van der Waals surface area contributed by atoms with Gasteiger partial charge in [0.2, 0.25) is 0 Å². The molecule has 1 aliphatic rings. The monoisotopic (exact) mass is 291 g/mol. The number of hydrogen-bond donors (Lipinski definition) is 2. The predicted molar refractivity (Wildman–Crippen MR) is 90.4 cm³/mol. The summed E-state index contributed by atoms with van der Waals surface area (Å²) in [5.41, 5.74) is 8.92. The number of anilines is 1. The highest BCUT2D eigenvalue weighted by molar-refractivity contribution is 7.80. The normalized spacial score (nSPS) is 15.8. The van der Waals surface area contributed by atoms with E-state index in [4.69, 9.17) is 18.0 Å². The predicted octanol–water partition coefficient (Wildman–Crippen LogP) is 2.92. The van der Waals surface area contributed by atoms with Crippen LogP contribution in [0.4, 0.5) is 5.69 Å². The minimum atomic E-state index is 0.468. The molecule has 1 aromatic carbocycles. The summed E-state index contributed by atoms with van der Waals surface area (Å²) in [5, 5.41) is 3.48. The minimum absolute atomic E-state index is 0.468. The van der Waals surface area contributed by atoms with Gasteiger partial charge in [0.1, 0.15) is 4.99 Å².